The third-order valence-electron chi connectivity index (χ3n) is 7.05. The van der Waals surface area contributed by atoms with Crippen molar-refractivity contribution in [2.75, 3.05) is 12.4 Å². The summed E-state index contributed by atoms with van der Waals surface area (Å²) in [4.78, 5) is 13.8. The highest BCUT2D eigenvalue weighted by atomic mass is 16.5. The number of nitriles is 1. The summed E-state index contributed by atoms with van der Waals surface area (Å²) in [6, 6.07) is 17.7. The van der Waals surface area contributed by atoms with Crippen LogP contribution in [0.5, 0.6) is 11.5 Å². The first-order valence-electron chi connectivity index (χ1n) is 11.8. The van der Waals surface area contributed by atoms with Crippen LogP contribution in [0.3, 0.4) is 0 Å². The summed E-state index contributed by atoms with van der Waals surface area (Å²) < 4.78 is 7.47. The Morgan fingerprint density at radius 2 is 1.86 bits per heavy atom. The smallest absolute Gasteiger partial charge is 0.162 e. The Hall–Kier alpha value is -3.98. The number of phenolic OH excluding ortho intramolecular Hbond substituents is 1. The summed E-state index contributed by atoms with van der Waals surface area (Å²) >= 11 is 0. The van der Waals surface area contributed by atoms with Gasteiger partial charge in [-0.2, -0.15) is 5.26 Å². The van der Waals surface area contributed by atoms with Gasteiger partial charge in [0.05, 0.1) is 12.7 Å². The maximum absolute atomic E-state index is 13.8. The van der Waals surface area contributed by atoms with Crippen LogP contribution in [0.4, 0.5) is 5.82 Å². The molecule has 2 aliphatic rings. The first kappa shape index (κ1) is 22.8. The lowest BCUT2D eigenvalue weighted by Crippen LogP contribution is -2.32. The molecule has 0 saturated heterocycles. The van der Waals surface area contributed by atoms with Gasteiger partial charge in [-0.25, -0.2) is 0 Å². The van der Waals surface area contributed by atoms with Crippen LogP contribution in [0.2, 0.25) is 0 Å². The summed E-state index contributed by atoms with van der Waals surface area (Å²) in [7, 11) is 1.50. The Labute approximate surface area is 205 Å². The summed E-state index contributed by atoms with van der Waals surface area (Å²) in [5.74, 6) is 0.933. The minimum atomic E-state index is -0.432. The maximum Gasteiger partial charge on any atom is 0.162 e. The Kier molecular flexibility index (Phi) is 5.44. The fraction of sp³-hybridized carbons (Fsp3) is 0.310. The number of rotatable bonds is 3. The minimum Gasteiger partial charge on any atom is -0.504 e. The molecule has 3 aromatic rings. The molecule has 0 spiro atoms. The zero-order chi connectivity index (χ0) is 24.9. The van der Waals surface area contributed by atoms with Crippen molar-refractivity contribution in [1.82, 2.24) is 4.57 Å². The number of hydrogen-bond acceptors (Lipinski definition) is 5. The van der Waals surface area contributed by atoms with E-state index in [-0.39, 0.29) is 23.0 Å². The molecule has 0 saturated carbocycles. The standard InChI is InChI=1S/C29H29N3O3/c1-29(2,3)32-16-20(15-30)26-25(18-10-11-22(33)24(14-18)35-4)27-21(31-28(26)32)12-19(13-23(27)34)17-8-6-5-7-9-17/h5-11,14,16,19,25,31,33H,12-13H2,1-4H3/t19-,25-/m1/s1. The number of aromatic hydroxyl groups is 1. The number of anilines is 1. The van der Waals surface area contributed by atoms with E-state index >= 15 is 0 Å². The van der Waals surface area contributed by atoms with Gasteiger partial charge in [0.2, 0.25) is 0 Å². The number of nitrogens with one attached hydrogen (secondary N) is 1. The number of hydrogen-bond donors (Lipinski definition) is 2. The number of fused-ring (bicyclic) bond motifs is 1. The summed E-state index contributed by atoms with van der Waals surface area (Å²) in [6.45, 7) is 6.28. The Bertz CT molecular complexity index is 1390. The van der Waals surface area contributed by atoms with Crippen LogP contribution in [0.25, 0.3) is 0 Å². The van der Waals surface area contributed by atoms with Crippen LogP contribution < -0.4 is 10.1 Å². The second kappa shape index (κ2) is 8.35. The first-order valence-corrected chi connectivity index (χ1v) is 11.8. The highest BCUT2D eigenvalue weighted by Crippen LogP contribution is 2.51. The molecule has 35 heavy (non-hydrogen) atoms. The number of methoxy groups -OCH3 is 1. The Morgan fingerprint density at radius 3 is 2.51 bits per heavy atom. The van der Waals surface area contributed by atoms with E-state index in [9.17, 15) is 15.2 Å². The number of aromatic nitrogens is 1. The Balaban J connectivity index is 1.74. The first-order chi connectivity index (χ1) is 16.7. The van der Waals surface area contributed by atoms with Crippen molar-refractivity contribution in [3.05, 3.63) is 88.3 Å². The van der Waals surface area contributed by atoms with Gasteiger partial charge < -0.3 is 19.7 Å². The third kappa shape index (κ3) is 3.77. The SMILES string of the molecule is COc1cc([C@H]2C3=C(C[C@@H](c4ccccc4)CC3=O)Nc3c2c(C#N)cn3C(C)(C)C)ccc1O. The molecule has 1 aliphatic heterocycles. The predicted molar refractivity (Wildman–Crippen MR) is 135 cm³/mol. The molecule has 1 aromatic heterocycles. The largest absolute Gasteiger partial charge is 0.504 e. The molecule has 6 nitrogen and oxygen atoms in total. The van der Waals surface area contributed by atoms with Crippen molar-refractivity contribution in [2.45, 2.75) is 51.0 Å². The number of Topliss-reactive ketones (excluding diaryl/α,β-unsaturated/α-hetero) is 1. The molecule has 2 heterocycles. The van der Waals surface area contributed by atoms with Crippen LogP contribution in [-0.4, -0.2) is 22.6 Å². The number of phenols is 1. The van der Waals surface area contributed by atoms with Crippen LogP contribution in [-0.2, 0) is 10.3 Å². The lowest BCUT2D eigenvalue weighted by Gasteiger charge is -2.37. The van der Waals surface area contributed by atoms with Gasteiger partial charge in [-0.1, -0.05) is 36.4 Å². The minimum absolute atomic E-state index is 0.0338. The van der Waals surface area contributed by atoms with Crippen molar-refractivity contribution in [2.24, 2.45) is 0 Å². The number of nitrogens with zero attached hydrogens (tertiary/aromatic N) is 2. The van der Waals surface area contributed by atoms with Crippen molar-refractivity contribution in [1.29, 1.82) is 5.26 Å². The van der Waals surface area contributed by atoms with E-state index in [1.807, 2.05) is 30.5 Å². The maximum atomic E-state index is 13.8. The molecular weight excluding hydrogens is 438 g/mol. The van der Waals surface area contributed by atoms with Gasteiger partial charge in [0.1, 0.15) is 11.9 Å². The number of ketones is 1. The molecule has 0 amide bonds. The van der Waals surface area contributed by atoms with Gasteiger partial charge in [0, 0.05) is 40.9 Å². The molecule has 178 valence electrons. The normalized spacial score (nSPS) is 19.5. The van der Waals surface area contributed by atoms with Gasteiger partial charge in [-0.05, 0) is 56.4 Å². The van der Waals surface area contributed by atoms with Crippen molar-refractivity contribution >= 4 is 11.6 Å². The quantitative estimate of drug-likeness (QED) is 0.509. The topological polar surface area (TPSA) is 87.3 Å². The summed E-state index contributed by atoms with van der Waals surface area (Å²) in [5, 5.41) is 23.9. The molecule has 0 bridgehead atoms. The summed E-state index contributed by atoms with van der Waals surface area (Å²) in [5.41, 5.74) is 4.59. The highest BCUT2D eigenvalue weighted by molar-refractivity contribution is 6.02. The number of carbonyl (C=O) groups excluding carboxylic acids is 1. The highest BCUT2D eigenvalue weighted by Gasteiger charge is 2.42. The fourth-order valence-corrected chi connectivity index (χ4v) is 5.40. The zero-order valence-corrected chi connectivity index (χ0v) is 20.4. The number of allylic oxidation sites excluding steroid dienone is 2. The molecule has 6 heteroatoms. The van der Waals surface area contributed by atoms with Gasteiger partial charge >= 0.3 is 0 Å². The fourth-order valence-electron chi connectivity index (χ4n) is 5.40. The van der Waals surface area contributed by atoms with Crippen molar-refractivity contribution in [3.63, 3.8) is 0 Å². The van der Waals surface area contributed by atoms with Crippen LogP contribution in [0.1, 0.15) is 67.7 Å². The van der Waals surface area contributed by atoms with Crippen molar-refractivity contribution < 1.29 is 14.6 Å². The molecule has 0 radical (unpaired) electrons. The number of carbonyl (C=O) groups is 1. The molecule has 5 rings (SSSR count). The molecule has 0 unspecified atom stereocenters. The molecule has 2 atom stereocenters. The van der Waals surface area contributed by atoms with E-state index in [0.717, 1.165) is 28.2 Å². The van der Waals surface area contributed by atoms with Crippen LogP contribution >= 0.6 is 0 Å². The van der Waals surface area contributed by atoms with E-state index in [1.165, 1.54) is 7.11 Å². The summed E-state index contributed by atoms with van der Waals surface area (Å²) in [6.07, 6.45) is 2.99. The Morgan fingerprint density at radius 1 is 1.11 bits per heavy atom. The van der Waals surface area contributed by atoms with E-state index in [4.69, 9.17) is 4.74 Å². The monoisotopic (exact) mass is 467 g/mol. The van der Waals surface area contributed by atoms with E-state index < -0.39 is 5.92 Å². The molecule has 1 aliphatic carbocycles. The van der Waals surface area contributed by atoms with Crippen LogP contribution in [0.15, 0.2) is 66.0 Å². The predicted octanol–water partition coefficient (Wildman–Crippen LogP) is 5.79. The molecule has 0 fully saturated rings. The van der Waals surface area contributed by atoms with E-state index in [0.29, 0.717) is 29.7 Å². The van der Waals surface area contributed by atoms with Gasteiger partial charge in [-0.3, -0.25) is 4.79 Å². The average Bonchev–Trinajstić information content (AvgIpc) is 3.22. The second-order valence-electron chi connectivity index (χ2n) is 10.3. The van der Waals surface area contributed by atoms with E-state index in [2.05, 4.69) is 48.9 Å². The van der Waals surface area contributed by atoms with Crippen LogP contribution in [0, 0.1) is 11.3 Å². The number of ether oxygens (including phenoxy) is 1. The second-order valence-corrected chi connectivity index (χ2v) is 10.3. The number of benzene rings is 2. The van der Waals surface area contributed by atoms with Gasteiger partial charge in [0.25, 0.3) is 0 Å². The zero-order valence-electron chi connectivity index (χ0n) is 20.4. The molecule has 2 aromatic carbocycles. The molecule has 2 N–H and O–H groups in total. The molecular formula is C29H29N3O3. The van der Waals surface area contributed by atoms with Gasteiger partial charge in [-0.15, -0.1) is 0 Å². The van der Waals surface area contributed by atoms with E-state index in [1.54, 1.807) is 12.1 Å². The lowest BCUT2D eigenvalue weighted by molar-refractivity contribution is -0.116. The average molecular weight is 468 g/mol. The van der Waals surface area contributed by atoms with Crippen molar-refractivity contribution in [3.8, 4) is 17.6 Å². The van der Waals surface area contributed by atoms with Gasteiger partial charge in [0.15, 0.2) is 17.3 Å². The lowest BCUT2D eigenvalue weighted by atomic mass is 9.72. The third-order valence-corrected chi connectivity index (χ3v) is 7.05.